The Morgan fingerprint density at radius 1 is 1.46 bits per heavy atom. The fourth-order valence-electron chi connectivity index (χ4n) is 3.38. The summed E-state index contributed by atoms with van der Waals surface area (Å²) in [6, 6.07) is 5.46. The summed E-state index contributed by atoms with van der Waals surface area (Å²) in [6.45, 7) is 2.72. The van der Waals surface area contributed by atoms with Crippen molar-refractivity contribution >= 4 is 15.7 Å². The van der Waals surface area contributed by atoms with Crippen LogP contribution in [0.5, 0.6) is 5.75 Å². The molecule has 10 heteroatoms. The number of hydrogen-bond donors (Lipinski definition) is 0. The van der Waals surface area contributed by atoms with Crippen molar-refractivity contribution in [2.24, 2.45) is 11.3 Å². The Morgan fingerprint density at radius 2 is 2.14 bits per heavy atom. The van der Waals surface area contributed by atoms with Crippen LogP contribution in [0.25, 0.3) is 0 Å². The number of halogens is 3. The molecule has 3 atom stereocenters. The largest absolute Gasteiger partial charge is 0.480 e. The lowest BCUT2D eigenvalue weighted by molar-refractivity contribution is -0.189. The summed E-state index contributed by atoms with van der Waals surface area (Å²) in [4.78, 5) is 14.2. The summed E-state index contributed by atoms with van der Waals surface area (Å²) in [6.07, 6.45) is -6.13. The van der Waals surface area contributed by atoms with E-state index in [2.05, 4.69) is 6.07 Å². The molecule has 1 aromatic rings. The maximum atomic E-state index is 13.0. The first-order valence-corrected chi connectivity index (χ1v) is 10.4. The third-order valence-electron chi connectivity index (χ3n) is 5.34. The molecule has 0 bridgehead atoms. The molecule has 1 amide bonds. The van der Waals surface area contributed by atoms with Gasteiger partial charge in [0.15, 0.2) is 15.9 Å². The lowest BCUT2D eigenvalue weighted by atomic mass is 10.1. The Morgan fingerprint density at radius 3 is 2.68 bits per heavy atom. The van der Waals surface area contributed by atoms with Gasteiger partial charge in [-0.1, -0.05) is 6.92 Å². The minimum Gasteiger partial charge on any atom is -0.480 e. The van der Waals surface area contributed by atoms with Crippen LogP contribution in [0, 0.1) is 22.7 Å². The highest BCUT2D eigenvalue weighted by molar-refractivity contribution is 7.91. The molecule has 1 aliphatic carbocycles. The van der Waals surface area contributed by atoms with Gasteiger partial charge in [0.1, 0.15) is 5.75 Å². The standard InChI is InChI=1S/C18H19F3N2O4S/c1-3-28(25,26)13-4-5-15(27-11(2)18(19,20)21)14(6-13)16(24)23-8-12-7-17(12,9-22)10-23/h4-6,11-12H,3,7-8,10H2,1-2H3. The molecule has 3 rings (SSSR count). The summed E-state index contributed by atoms with van der Waals surface area (Å²) >= 11 is 0. The molecular formula is C18H19F3N2O4S. The molecule has 0 aromatic heterocycles. The second kappa shape index (κ2) is 6.65. The zero-order chi connectivity index (χ0) is 20.9. The monoisotopic (exact) mass is 416 g/mol. The van der Waals surface area contributed by atoms with Crippen molar-refractivity contribution in [3.63, 3.8) is 0 Å². The molecule has 0 N–H and O–H groups in total. The summed E-state index contributed by atoms with van der Waals surface area (Å²) in [5, 5.41) is 9.27. The molecule has 2 fully saturated rings. The molecule has 0 spiro atoms. The van der Waals surface area contributed by atoms with Gasteiger partial charge in [0.2, 0.25) is 0 Å². The van der Waals surface area contributed by atoms with E-state index in [0.717, 1.165) is 25.1 Å². The van der Waals surface area contributed by atoms with Crippen molar-refractivity contribution in [1.82, 2.24) is 4.90 Å². The molecule has 3 unspecified atom stereocenters. The third-order valence-corrected chi connectivity index (χ3v) is 7.07. The normalized spacial score (nSPS) is 25.0. The van der Waals surface area contributed by atoms with Crippen LogP contribution in [0.3, 0.4) is 0 Å². The summed E-state index contributed by atoms with van der Waals surface area (Å²) in [5.74, 6) is -1.15. The fraction of sp³-hybridized carbons (Fsp3) is 0.556. The van der Waals surface area contributed by atoms with Gasteiger partial charge in [-0.05, 0) is 37.5 Å². The predicted molar refractivity (Wildman–Crippen MR) is 92.4 cm³/mol. The number of fused-ring (bicyclic) bond motifs is 1. The number of amides is 1. The highest BCUT2D eigenvalue weighted by Gasteiger charge is 2.61. The zero-order valence-electron chi connectivity index (χ0n) is 15.3. The van der Waals surface area contributed by atoms with E-state index < -0.39 is 33.4 Å². The van der Waals surface area contributed by atoms with E-state index in [0.29, 0.717) is 13.0 Å². The van der Waals surface area contributed by atoms with E-state index >= 15 is 0 Å². The summed E-state index contributed by atoms with van der Waals surface area (Å²) < 4.78 is 67.9. The van der Waals surface area contributed by atoms with Crippen molar-refractivity contribution < 1.29 is 31.1 Å². The minimum atomic E-state index is -4.64. The number of carbonyl (C=O) groups excluding carboxylic acids is 1. The van der Waals surface area contributed by atoms with Gasteiger partial charge in [0.05, 0.1) is 27.7 Å². The summed E-state index contributed by atoms with van der Waals surface area (Å²) in [7, 11) is -3.67. The van der Waals surface area contributed by atoms with Gasteiger partial charge in [-0.2, -0.15) is 18.4 Å². The van der Waals surface area contributed by atoms with Gasteiger partial charge in [-0.3, -0.25) is 4.79 Å². The van der Waals surface area contributed by atoms with Gasteiger partial charge >= 0.3 is 6.18 Å². The molecule has 28 heavy (non-hydrogen) atoms. The first-order valence-electron chi connectivity index (χ1n) is 8.74. The number of nitrogens with zero attached hydrogens (tertiary/aromatic N) is 2. The molecular weight excluding hydrogens is 397 g/mol. The maximum absolute atomic E-state index is 13.0. The van der Waals surface area contributed by atoms with Crippen molar-refractivity contribution in [3.8, 4) is 11.8 Å². The molecule has 1 saturated heterocycles. The average molecular weight is 416 g/mol. The van der Waals surface area contributed by atoms with E-state index in [1.54, 1.807) is 0 Å². The zero-order valence-corrected chi connectivity index (χ0v) is 16.1. The number of alkyl halides is 3. The van der Waals surface area contributed by atoms with Crippen LogP contribution in [0.4, 0.5) is 13.2 Å². The van der Waals surface area contributed by atoms with Crippen LogP contribution in [0.15, 0.2) is 23.1 Å². The molecule has 1 aliphatic heterocycles. The number of piperidine rings is 1. The lowest BCUT2D eigenvalue weighted by Gasteiger charge is -2.23. The van der Waals surface area contributed by atoms with Crippen LogP contribution in [-0.4, -0.2) is 50.3 Å². The van der Waals surface area contributed by atoms with Gasteiger partial charge < -0.3 is 9.64 Å². The Hall–Kier alpha value is -2.28. The van der Waals surface area contributed by atoms with Crippen molar-refractivity contribution in [2.45, 2.75) is 37.4 Å². The van der Waals surface area contributed by atoms with Crippen LogP contribution < -0.4 is 4.74 Å². The highest BCUT2D eigenvalue weighted by atomic mass is 32.2. The van der Waals surface area contributed by atoms with Crippen molar-refractivity contribution in [1.29, 1.82) is 5.26 Å². The second-order valence-electron chi connectivity index (χ2n) is 7.22. The lowest BCUT2D eigenvalue weighted by Crippen LogP contribution is -2.34. The number of likely N-dealkylation sites (tertiary alicyclic amines) is 1. The van der Waals surface area contributed by atoms with E-state index in [1.165, 1.54) is 11.8 Å². The smallest absolute Gasteiger partial charge is 0.425 e. The topological polar surface area (TPSA) is 87.5 Å². The van der Waals surface area contributed by atoms with E-state index in [9.17, 15) is 31.6 Å². The van der Waals surface area contributed by atoms with E-state index in [1.807, 2.05) is 0 Å². The van der Waals surface area contributed by atoms with E-state index in [-0.39, 0.29) is 34.4 Å². The molecule has 1 heterocycles. The molecule has 0 radical (unpaired) electrons. The first kappa shape index (κ1) is 20.5. The quantitative estimate of drug-likeness (QED) is 0.737. The van der Waals surface area contributed by atoms with Crippen LogP contribution >= 0.6 is 0 Å². The SMILES string of the molecule is CCS(=O)(=O)c1ccc(OC(C)C(F)(F)F)c(C(=O)N2CC3CC3(C#N)C2)c1. The Kier molecular flexibility index (Phi) is 4.86. The van der Waals surface area contributed by atoms with Crippen molar-refractivity contribution in [3.05, 3.63) is 23.8 Å². The van der Waals surface area contributed by atoms with Gasteiger partial charge in [-0.25, -0.2) is 8.42 Å². The number of rotatable bonds is 5. The first-order chi connectivity index (χ1) is 12.9. The Labute approximate surface area is 160 Å². The number of carbonyl (C=O) groups is 1. The fourth-order valence-corrected chi connectivity index (χ4v) is 4.28. The predicted octanol–water partition coefficient (Wildman–Crippen LogP) is 2.80. The number of benzene rings is 1. The molecule has 1 saturated carbocycles. The highest BCUT2D eigenvalue weighted by Crippen LogP contribution is 2.57. The average Bonchev–Trinajstić information content (AvgIpc) is 3.21. The van der Waals surface area contributed by atoms with Crippen LogP contribution in [0.2, 0.25) is 0 Å². The van der Waals surface area contributed by atoms with Gasteiger partial charge in [0.25, 0.3) is 5.91 Å². The molecule has 6 nitrogen and oxygen atoms in total. The van der Waals surface area contributed by atoms with Gasteiger partial charge in [0, 0.05) is 13.1 Å². The number of nitriles is 1. The third kappa shape index (κ3) is 3.55. The van der Waals surface area contributed by atoms with Gasteiger partial charge in [-0.15, -0.1) is 0 Å². The number of sulfone groups is 1. The number of hydrogen-bond acceptors (Lipinski definition) is 5. The Balaban J connectivity index is 1.97. The minimum absolute atomic E-state index is 0.0440. The van der Waals surface area contributed by atoms with E-state index in [4.69, 9.17) is 4.74 Å². The number of ether oxygens (including phenoxy) is 1. The van der Waals surface area contributed by atoms with Crippen molar-refractivity contribution in [2.75, 3.05) is 18.8 Å². The Bertz CT molecular complexity index is 955. The second-order valence-corrected chi connectivity index (χ2v) is 9.50. The maximum Gasteiger partial charge on any atom is 0.425 e. The van der Waals surface area contributed by atoms with Crippen LogP contribution in [0.1, 0.15) is 30.6 Å². The van der Waals surface area contributed by atoms with Crippen LogP contribution in [-0.2, 0) is 9.84 Å². The molecule has 2 aliphatic rings. The summed E-state index contributed by atoms with van der Waals surface area (Å²) in [5.41, 5.74) is -0.844. The molecule has 1 aromatic carbocycles. The molecule has 152 valence electrons.